The fraction of sp³-hybridized carbons (Fsp3) is 0.438. The number of alkyl halides is 3. The van der Waals surface area contributed by atoms with Crippen LogP contribution < -0.4 is 15.5 Å². The van der Waals surface area contributed by atoms with E-state index in [2.05, 4.69) is 20.6 Å². The van der Waals surface area contributed by atoms with E-state index in [0.717, 1.165) is 29.0 Å². The number of fused-ring (bicyclic) bond motifs is 1. The number of hydrogen-bond acceptors (Lipinski definition) is 6. The van der Waals surface area contributed by atoms with E-state index in [4.69, 9.17) is 0 Å². The standard InChI is InChI=1S/C32H39F3N8O3/c1-21-18-42(25-11-7-23(8-12-25)30(45)39(2)3)19-26-27(38-43(28(21)26)20-32(33,34)35)29(44)36-17-22-5-9-24(10-6-22)37-31(46)41-15-13-40(4)14-16-41/h5-12,21H,13-20H2,1-4H3,(H,36,44)(H,37,46)/t21-/m0/s1. The summed E-state index contributed by atoms with van der Waals surface area (Å²) < 4.78 is 41.5. The summed E-state index contributed by atoms with van der Waals surface area (Å²) in [7, 11) is 5.35. The van der Waals surface area contributed by atoms with Gasteiger partial charge in [-0.1, -0.05) is 19.1 Å². The Hall–Kier alpha value is -4.59. The Kier molecular flexibility index (Phi) is 9.56. The average Bonchev–Trinajstić information content (AvgIpc) is 3.37. The Balaban J connectivity index is 1.29. The van der Waals surface area contributed by atoms with Gasteiger partial charge in [0.15, 0.2) is 5.69 Å². The van der Waals surface area contributed by atoms with Crippen LogP contribution in [0.25, 0.3) is 0 Å². The predicted octanol–water partition coefficient (Wildman–Crippen LogP) is 3.98. The molecule has 0 unspecified atom stereocenters. The van der Waals surface area contributed by atoms with Gasteiger partial charge in [-0.25, -0.2) is 4.79 Å². The number of carbonyl (C=O) groups excluding carboxylic acids is 3. The minimum atomic E-state index is -4.51. The maximum absolute atomic E-state index is 13.5. The van der Waals surface area contributed by atoms with Crippen molar-refractivity contribution in [2.24, 2.45) is 0 Å². The Morgan fingerprint density at radius 1 is 0.978 bits per heavy atom. The summed E-state index contributed by atoms with van der Waals surface area (Å²) in [4.78, 5) is 45.7. The number of nitrogens with one attached hydrogen (secondary N) is 2. The first-order valence-electron chi connectivity index (χ1n) is 15.1. The van der Waals surface area contributed by atoms with Crippen molar-refractivity contribution in [3.05, 3.63) is 76.6 Å². The van der Waals surface area contributed by atoms with E-state index in [1.165, 1.54) is 4.90 Å². The maximum Gasteiger partial charge on any atom is 0.408 e. The van der Waals surface area contributed by atoms with E-state index >= 15 is 0 Å². The molecule has 3 aromatic rings. The van der Waals surface area contributed by atoms with Crippen molar-refractivity contribution in [3.8, 4) is 0 Å². The van der Waals surface area contributed by atoms with Crippen LogP contribution in [0.4, 0.5) is 29.3 Å². The number of halogens is 3. The molecule has 1 saturated heterocycles. The molecule has 46 heavy (non-hydrogen) atoms. The molecule has 246 valence electrons. The van der Waals surface area contributed by atoms with Gasteiger partial charge >= 0.3 is 12.2 Å². The zero-order chi connectivity index (χ0) is 33.2. The lowest BCUT2D eigenvalue weighted by Crippen LogP contribution is -2.48. The molecular formula is C32H39F3N8O3. The monoisotopic (exact) mass is 640 g/mol. The summed E-state index contributed by atoms with van der Waals surface area (Å²) in [6, 6.07) is 13.9. The molecule has 2 aliphatic rings. The zero-order valence-corrected chi connectivity index (χ0v) is 26.4. The van der Waals surface area contributed by atoms with Gasteiger partial charge in [-0.15, -0.1) is 0 Å². The van der Waals surface area contributed by atoms with Crippen molar-refractivity contribution in [2.75, 3.05) is 64.1 Å². The fourth-order valence-corrected chi connectivity index (χ4v) is 5.82. The number of amides is 4. The highest BCUT2D eigenvalue weighted by molar-refractivity contribution is 5.95. The summed E-state index contributed by atoms with van der Waals surface area (Å²) >= 11 is 0. The number of carbonyl (C=O) groups is 3. The van der Waals surface area contributed by atoms with Crippen molar-refractivity contribution in [3.63, 3.8) is 0 Å². The molecule has 0 radical (unpaired) electrons. The van der Waals surface area contributed by atoms with Crippen molar-refractivity contribution < 1.29 is 27.6 Å². The van der Waals surface area contributed by atoms with Crippen molar-refractivity contribution >= 4 is 29.2 Å². The summed E-state index contributed by atoms with van der Waals surface area (Å²) in [5, 5.41) is 9.86. The molecule has 14 heteroatoms. The van der Waals surface area contributed by atoms with Gasteiger partial charge in [0, 0.05) is 94.0 Å². The molecular weight excluding hydrogens is 601 g/mol. The molecule has 0 bridgehead atoms. The second-order valence-electron chi connectivity index (χ2n) is 12.1. The van der Waals surface area contributed by atoms with Gasteiger partial charge in [0.05, 0.1) is 0 Å². The van der Waals surface area contributed by atoms with Crippen LogP contribution in [0.1, 0.15) is 50.5 Å². The van der Waals surface area contributed by atoms with E-state index < -0.39 is 18.6 Å². The van der Waals surface area contributed by atoms with E-state index in [0.29, 0.717) is 42.1 Å². The van der Waals surface area contributed by atoms with Crippen molar-refractivity contribution in [1.82, 2.24) is 29.8 Å². The first kappa shape index (κ1) is 32.8. The van der Waals surface area contributed by atoms with Gasteiger partial charge in [0.2, 0.25) is 0 Å². The smallest absolute Gasteiger partial charge is 0.366 e. The van der Waals surface area contributed by atoms with Gasteiger partial charge < -0.3 is 30.2 Å². The highest BCUT2D eigenvalue weighted by atomic mass is 19.4. The molecule has 0 spiro atoms. The van der Waals surface area contributed by atoms with Crippen LogP contribution in [0.5, 0.6) is 0 Å². The number of aromatic nitrogens is 2. The number of hydrogen-bond donors (Lipinski definition) is 2. The normalized spacial score (nSPS) is 17.0. The molecule has 0 aliphatic carbocycles. The minimum absolute atomic E-state index is 0.0498. The second kappa shape index (κ2) is 13.4. The molecule has 1 aromatic heterocycles. The van der Waals surface area contributed by atoms with Crippen LogP contribution in [0.2, 0.25) is 0 Å². The molecule has 4 amide bonds. The van der Waals surface area contributed by atoms with Crippen LogP contribution in [0.15, 0.2) is 48.5 Å². The molecule has 3 heterocycles. The molecule has 0 saturated carbocycles. The molecule has 1 atom stereocenters. The summed E-state index contributed by atoms with van der Waals surface area (Å²) in [5.74, 6) is -1.07. The number of urea groups is 1. The van der Waals surface area contributed by atoms with E-state index in [1.807, 2.05) is 18.9 Å². The zero-order valence-electron chi connectivity index (χ0n) is 26.4. The third-order valence-corrected chi connectivity index (χ3v) is 8.28. The Bertz CT molecular complexity index is 1560. The van der Waals surface area contributed by atoms with Gasteiger partial charge in [0.1, 0.15) is 6.54 Å². The van der Waals surface area contributed by atoms with Crippen LogP contribution in [0, 0.1) is 0 Å². The van der Waals surface area contributed by atoms with E-state index in [9.17, 15) is 27.6 Å². The summed E-state index contributed by atoms with van der Waals surface area (Å²) in [6.07, 6.45) is -4.51. The molecule has 2 aromatic carbocycles. The van der Waals surface area contributed by atoms with Gasteiger partial charge in [-0.2, -0.15) is 18.3 Å². The molecule has 5 rings (SSSR count). The quantitative estimate of drug-likeness (QED) is 0.405. The first-order chi connectivity index (χ1) is 21.8. The largest absolute Gasteiger partial charge is 0.408 e. The van der Waals surface area contributed by atoms with Gasteiger partial charge in [-0.3, -0.25) is 14.3 Å². The minimum Gasteiger partial charge on any atom is -0.366 e. The van der Waals surface area contributed by atoms with E-state index in [1.54, 1.807) is 67.5 Å². The Morgan fingerprint density at radius 2 is 1.63 bits per heavy atom. The lowest BCUT2D eigenvalue weighted by Gasteiger charge is -2.34. The Morgan fingerprint density at radius 3 is 2.24 bits per heavy atom. The number of anilines is 2. The second-order valence-corrected chi connectivity index (χ2v) is 12.1. The SMILES string of the molecule is C[C@H]1CN(c2ccc(C(=O)N(C)C)cc2)Cc2c(C(=O)NCc3ccc(NC(=O)N4CCN(C)CC4)cc3)nn(CC(F)(F)F)c21. The van der Waals surface area contributed by atoms with Crippen LogP contribution in [-0.2, 0) is 19.6 Å². The first-order valence-corrected chi connectivity index (χ1v) is 15.1. The van der Waals surface area contributed by atoms with Gasteiger partial charge in [-0.05, 0) is 49.0 Å². The molecule has 11 nitrogen and oxygen atoms in total. The van der Waals surface area contributed by atoms with Crippen LogP contribution >= 0.6 is 0 Å². The third-order valence-electron chi connectivity index (χ3n) is 8.28. The number of benzene rings is 2. The predicted molar refractivity (Wildman–Crippen MR) is 168 cm³/mol. The number of likely N-dealkylation sites (N-methyl/N-ethyl adjacent to an activating group) is 1. The van der Waals surface area contributed by atoms with Crippen LogP contribution in [0.3, 0.4) is 0 Å². The van der Waals surface area contributed by atoms with Crippen molar-refractivity contribution in [1.29, 1.82) is 0 Å². The highest BCUT2D eigenvalue weighted by Gasteiger charge is 2.37. The lowest BCUT2D eigenvalue weighted by molar-refractivity contribution is -0.143. The highest BCUT2D eigenvalue weighted by Crippen LogP contribution is 2.35. The van der Waals surface area contributed by atoms with E-state index in [-0.39, 0.29) is 36.6 Å². The maximum atomic E-state index is 13.5. The third kappa shape index (κ3) is 7.61. The fourth-order valence-electron chi connectivity index (χ4n) is 5.82. The number of rotatable bonds is 7. The number of piperazine rings is 1. The summed E-state index contributed by atoms with van der Waals surface area (Å²) in [6.45, 7) is 4.15. The molecule has 2 aliphatic heterocycles. The molecule has 1 fully saturated rings. The lowest BCUT2D eigenvalue weighted by atomic mass is 9.95. The van der Waals surface area contributed by atoms with Gasteiger partial charge in [0.25, 0.3) is 11.8 Å². The topological polar surface area (TPSA) is 106 Å². The number of nitrogens with zero attached hydrogens (tertiary/aromatic N) is 6. The van der Waals surface area contributed by atoms with Crippen molar-refractivity contribution in [2.45, 2.75) is 38.7 Å². The Labute approximate surface area is 265 Å². The van der Waals surface area contributed by atoms with Crippen LogP contribution in [-0.4, -0.2) is 102 Å². The molecule has 2 N–H and O–H groups in total. The average molecular weight is 641 g/mol. The summed E-state index contributed by atoms with van der Waals surface area (Å²) in [5.41, 5.74) is 3.44.